The minimum absolute atomic E-state index is 0.570. The van der Waals surface area contributed by atoms with Crippen LogP contribution in [0.2, 0.25) is 0 Å². The lowest BCUT2D eigenvalue weighted by atomic mass is 10.0. The Bertz CT molecular complexity index is 353. The van der Waals surface area contributed by atoms with Gasteiger partial charge in [0.15, 0.2) is 5.82 Å². The van der Waals surface area contributed by atoms with Crippen molar-refractivity contribution < 1.29 is 0 Å². The van der Waals surface area contributed by atoms with E-state index < -0.39 is 0 Å². The van der Waals surface area contributed by atoms with E-state index in [0.717, 1.165) is 17.8 Å². The summed E-state index contributed by atoms with van der Waals surface area (Å²) in [4.78, 5) is 0. The Hall–Kier alpha value is -1.71. The highest BCUT2D eigenvalue weighted by molar-refractivity contribution is 5.77. The second-order valence-electron chi connectivity index (χ2n) is 3.04. The first-order valence-electron chi connectivity index (χ1n) is 4.19. The molecule has 0 atom stereocenters. The molecule has 0 unspecified atom stereocenters. The molecule has 0 radical (unpaired) electrons. The van der Waals surface area contributed by atoms with Crippen molar-refractivity contribution in [1.29, 1.82) is 0 Å². The number of H-pyrrole nitrogens is 1. The molecule has 0 amide bonds. The highest BCUT2D eigenvalue weighted by atomic mass is 15.2. The number of nitrogen functional groups attached to an aromatic ring is 1. The van der Waals surface area contributed by atoms with E-state index in [-0.39, 0.29) is 0 Å². The molecule has 4 heteroatoms. The second-order valence-corrected chi connectivity index (χ2v) is 3.04. The van der Waals surface area contributed by atoms with Gasteiger partial charge in [-0.1, -0.05) is 6.08 Å². The maximum Gasteiger partial charge on any atom is 0.153 e. The summed E-state index contributed by atoms with van der Waals surface area (Å²) < 4.78 is 0. The summed E-state index contributed by atoms with van der Waals surface area (Å²) in [5.74, 6) is 0.570. The normalized spacial score (nSPS) is 15.3. The number of nitrogens with one attached hydrogen (secondary N) is 2. The molecule has 1 aromatic rings. The van der Waals surface area contributed by atoms with Crippen molar-refractivity contribution in [2.24, 2.45) is 0 Å². The molecular formula is C9H12N4. The van der Waals surface area contributed by atoms with Crippen LogP contribution in [0.5, 0.6) is 0 Å². The van der Waals surface area contributed by atoms with Crippen molar-refractivity contribution >= 4 is 11.4 Å². The Balaban J connectivity index is 2.44. The lowest BCUT2D eigenvalue weighted by Gasteiger charge is -2.10. The van der Waals surface area contributed by atoms with E-state index in [1.807, 2.05) is 25.3 Å². The van der Waals surface area contributed by atoms with Gasteiger partial charge < -0.3 is 11.1 Å². The number of aromatic nitrogens is 2. The SMILES string of the molecule is Cc1[nH]nc(N)c1C1=CC=CNC1. The number of allylic oxidation sites excluding steroid dienone is 2. The van der Waals surface area contributed by atoms with Crippen molar-refractivity contribution in [2.45, 2.75) is 6.92 Å². The van der Waals surface area contributed by atoms with Crippen LogP contribution in [0.1, 0.15) is 11.3 Å². The van der Waals surface area contributed by atoms with Crippen LogP contribution in [0.4, 0.5) is 5.82 Å². The topological polar surface area (TPSA) is 66.7 Å². The van der Waals surface area contributed by atoms with Gasteiger partial charge in [0, 0.05) is 17.8 Å². The fourth-order valence-corrected chi connectivity index (χ4v) is 1.49. The number of rotatable bonds is 1. The molecule has 1 aromatic heterocycles. The van der Waals surface area contributed by atoms with Crippen LogP contribution in [0.3, 0.4) is 0 Å². The quantitative estimate of drug-likeness (QED) is 0.593. The molecule has 0 aliphatic carbocycles. The number of nitrogens with two attached hydrogens (primary N) is 1. The van der Waals surface area contributed by atoms with Crippen LogP contribution in [-0.2, 0) is 0 Å². The smallest absolute Gasteiger partial charge is 0.153 e. The van der Waals surface area contributed by atoms with Gasteiger partial charge >= 0.3 is 0 Å². The molecule has 0 fully saturated rings. The molecule has 1 aliphatic rings. The van der Waals surface area contributed by atoms with Gasteiger partial charge in [-0.15, -0.1) is 0 Å². The minimum atomic E-state index is 0.570. The highest BCUT2D eigenvalue weighted by Gasteiger charge is 2.12. The number of anilines is 1. The van der Waals surface area contributed by atoms with Crippen molar-refractivity contribution in [3.63, 3.8) is 0 Å². The molecule has 1 aliphatic heterocycles. The molecule has 0 aromatic carbocycles. The Morgan fingerprint density at radius 1 is 1.54 bits per heavy atom. The minimum Gasteiger partial charge on any atom is -0.387 e. The molecule has 13 heavy (non-hydrogen) atoms. The highest BCUT2D eigenvalue weighted by Crippen LogP contribution is 2.23. The zero-order chi connectivity index (χ0) is 9.26. The fourth-order valence-electron chi connectivity index (χ4n) is 1.49. The molecule has 68 valence electrons. The van der Waals surface area contributed by atoms with E-state index in [2.05, 4.69) is 15.5 Å². The number of dihydropyridines is 1. The van der Waals surface area contributed by atoms with Crippen molar-refractivity contribution in [2.75, 3.05) is 12.3 Å². The average Bonchev–Trinajstić information content (AvgIpc) is 2.48. The Labute approximate surface area is 76.5 Å². The number of hydrogen-bond donors (Lipinski definition) is 3. The molecule has 0 spiro atoms. The second kappa shape index (κ2) is 2.97. The average molecular weight is 176 g/mol. The first kappa shape index (κ1) is 7.91. The monoisotopic (exact) mass is 176 g/mol. The lowest BCUT2D eigenvalue weighted by Crippen LogP contribution is -2.12. The standard InChI is InChI=1S/C9H12N4/c1-6-8(9(10)13-12-6)7-3-2-4-11-5-7/h2-4,11H,5H2,1H3,(H3,10,12,13). The first-order valence-corrected chi connectivity index (χ1v) is 4.19. The summed E-state index contributed by atoms with van der Waals surface area (Å²) in [6.07, 6.45) is 5.92. The van der Waals surface area contributed by atoms with Crippen LogP contribution >= 0.6 is 0 Å². The molecule has 2 rings (SSSR count). The van der Waals surface area contributed by atoms with Gasteiger partial charge in [0.2, 0.25) is 0 Å². The summed E-state index contributed by atoms with van der Waals surface area (Å²) in [5, 5.41) is 9.95. The summed E-state index contributed by atoms with van der Waals surface area (Å²) in [6, 6.07) is 0. The van der Waals surface area contributed by atoms with E-state index >= 15 is 0 Å². The predicted octanol–water partition coefficient (Wildman–Crippen LogP) is 0.801. The fraction of sp³-hybridized carbons (Fsp3) is 0.222. The van der Waals surface area contributed by atoms with Gasteiger partial charge in [-0.2, -0.15) is 5.10 Å². The van der Waals surface area contributed by atoms with Gasteiger partial charge in [-0.05, 0) is 24.8 Å². The third kappa shape index (κ3) is 1.30. The van der Waals surface area contributed by atoms with E-state index in [1.165, 1.54) is 5.57 Å². The molecule has 4 N–H and O–H groups in total. The predicted molar refractivity (Wildman–Crippen MR) is 52.9 cm³/mol. The van der Waals surface area contributed by atoms with Crippen LogP contribution in [0, 0.1) is 6.92 Å². The van der Waals surface area contributed by atoms with Crippen molar-refractivity contribution in [3.05, 3.63) is 29.6 Å². The molecule has 4 nitrogen and oxygen atoms in total. The zero-order valence-electron chi connectivity index (χ0n) is 7.46. The van der Waals surface area contributed by atoms with E-state index in [4.69, 9.17) is 5.73 Å². The maximum absolute atomic E-state index is 5.74. The van der Waals surface area contributed by atoms with Gasteiger partial charge in [0.25, 0.3) is 0 Å². The van der Waals surface area contributed by atoms with Crippen LogP contribution < -0.4 is 11.1 Å². The van der Waals surface area contributed by atoms with Gasteiger partial charge in [-0.3, -0.25) is 5.10 Å². The Morgan fingerprint density at radius 2 is 2.38 bits per heavy atom. The van der Waals surface area contributed by atoms with E-state index in [1.54, 1.807) is 0 Å². The molecule has 2 heterocycles. The summed E-state index contributed by atoms with van der Waals surface area (Å²) >= 11 is 0. The first-order chi connectivity index (χ1) is 6.29. The Morgan fingerprint density at radius 3 is 2.92 bits per heavy atom. The Kier molecular flexibility index (Phi) is 1.81. The van der Waals surface area contributed by atoms with E-state index in [0.29, 0.717) is 5.82 Å². The van der Waals surface area contributed by atoms with Crippen LogP contribution in [0.25, 0.3) is 5.57 Å². The number of aryl methyl sites for hydroxylation is 1. The van der Waals surface area contributed by atoms with Gasteiger partial charge in [0.05, 0.1) is 0 Å². The van der Waals surface area contributed by atoms with Gasteiger partial charge in [0.1, 0.15) is 0 Å². The number of hydrogen-bond acceptors (Lipinski definition) is 3. The number of aromatic amines is 1. The summed E-state index contributed by atoms with van der Waals surface area (Å²) in [5.41, 5.74) is 8.95. The maximum atomic E-state index is 5.74. The van der Waals surface area contributed by atoms with E-state index in [9.17, 15) is 0 Å². The van der Waals surface area contributed by atoms with Crippen molar-refractivity contribution in [3.8, 4) is 0 Å². The third-order valence-corrected chi connectivity index (χ3v) is 2.10. The van der Waals surface area contributed by atoms with Crippen LogP contribution in [-0.4, -0.2) is 16.7 Å². The van der Waals surface area contributed by atoms with Crippen molar-refractivity contribution in [1.82, 2.24) is 15.5 Å². The largest absolute Gasteiger partial charge is 0.387 e. The number of nitrogens with zero attached hydrogens (tertiary/aromatic N) is 1. The molecule has 0 bridgehead atoms. The lowest BCUT2D eigenvalue weighted by molar-refractivity contribution is 0.984. The summed E-state index contributed by atoms with van der Waals surface area (Å²) in [6.45, 7) is 2.78. The van der Waals surface area contributed by atoms with Gasteiger partial charge in [-0.25, -0.2) is 0 Å². The van der Waals surface area contributed by atoms with Crippen LogP contribution in [0.15, 0.2) is 18.4 Å². The molecule has 0 saturated heterocycles. The zero-order valence-corrected chi connectivity index (χ0v) is 7.46. The molecule has 0 saturated carbocycles. The third-order valence-electron chi connectivity index (χ3n) is 2.10. The molecular weight excluding hydrogens is 164 g/mol. The summed E-state index contributed by atoms with van der Waals surface area (Å²) in [7, 11) is 0.